The van der Waals surface area contributed by atoms with Gasteiger partial charge in [-0.15, -0.1) is 0 Å². The lowest BCUT2D eigenvalue weighted by molar-refractivity contribution is 0.0518. The van der Waals surface area contributed by atoms with Crippen LogP contribution in [0.15, 0.2) is 30.3 Å². The van der Waals surface area contributed by atoms with Gasteiger partial charge in [0.2, 0.25) is 0 Å². The van der Waals surface area contributed by atoms with Crippen LogP contribution in [0.25, 0.3) is 0 Å². The first-order valence-electron chi connectivity index (χ1n) is 11.2. The van der Waals surface area contributed by atoms with E-state index in [9.17, 15) is 9.59 Å². The summed E-state index contributed by atoms with van der Waals surface area (Å²) in [6.07, 6.45) is 9.59. The summed E-state index contributed by atoms with van der Waals surface area (Å²) in [7, 11) is 0. The smallest absolute Gasteiger partial charge is 0.355 e. The van der Waals surface area contributed by atoms with Gasteiger partial charge >= 0.3 is 5.97 Å². The van der Waals surface area contributed by atoms with Gasteiger partial charge in [-0.2, -0.15) is 0 Å². The predicted octanol–water partition coefficient (Wildman–Crippen LogP) is 5.62. The van der Waals surface area contributed by atoms with Crippen LogP contribution in [0.4, 0.5) is 0 Å². The van der Waals surface area contributed by atoms with Crippen molar-refractivity contribution in [1.82, 2.24) is 4.98 Å². The van der Waals surface area contributed by atoms with E-state index in [1.165, 1.54) is 37.7 Å². The average molecular weight is 394 g/mol. The van der Waals surface area contributed by atoms with E-state index in [0.29, 0.717) is 24.6 Å². The molecular weight excluding hydrogens is 362 g/mol. The molecule has 1 unspecified atom stereocenters. The number of rotatable bonds is 6. The maximum atomic E-state index is 13.2. The van der Waals surface area contributed by atoms with Crippen molar-refractivity contribution in [2.24, 2.45) is 5.92 Å². The molecule has 0 bridgehead atoms. The maximum Gasteiger partial charge on any atom is 0.355 e. The summed E-state index contributed by atoms with van der Waals surface area (Å²) in [6, 6.07) is 10.2. The van der Waals surface area contributed by atoms with Gasteiger partial charge in [-0.25, -0.2) is 4.79 Å². The zero-order chi connectivity index (χ0) is 20.2. The zero-order valence-electron chi connectivity index (χ0n) is 17.3. The molecule has 154 valence electrons. The maximum absolute atomic E-state index is 13.2. The minimum absolute atomic E-state index is 0.158. The van der Waals surface area contributed by atoms with Crippen LogP contribution in [0.1, 0.15) is 95.5 Å². The molecule has 1 atom stereocenters. The predicted molar refractivity (Wildman–Crippen MR) is 113 cm³/mol. The fourth-order valence-corrected chi connectivity index (χ4v) is 5.14. The highest BCUT2D eigenvalue weighted by Crippen LogP contribution is 2.37. The second-order valence-electron chi connectivity index (χ2n) is 8.53. The Morgan fingerprint density at radius 2 is 1.86 bits per heavy atom. The number of carbonyl (C=O) groups excluding carboxylic acids is 2. The molecule has 4 nitrogen and oxygen atoms in total. The Morgan fingerprint density at radius 1 is 1.10 bits per heavy atom. The molecule has 4 rings (SSSR count). The number of ether oxygens (including phenoxy) is 1. The van der Waals surface area contributed by atoms with Gasteiger partial charge < -0.3 is 9.72 Å². The van der Waals surface area contributed by atoms with E-state index in [1.807, 2.05) is 25.1 Å². The lowest BCUT2D eigenvalue weighted by Crippen LogP contribution is -2.19. The van der Waals surface area contributed by atoms with E-state index in [1.54, 1.807) is 0 Å². The third-order valence-electron chi connectivity index (χ3n) is 6.62. The SMILES string of the molecule is CCOC(=O)c1[nH]c2c(c1CCC1CCCCC1)C(=O)CC(c1ccccc1)C2. The average Bonchev–Trinajstić information content (AvgIpc) is 3.13. The third kappa shape index (κ3) is 4.31. The van der Waals surface area contributed by atoms with Crippen LogP contribution in [0.3, 0.4) is 0 Å². The number of Topliss-reactive ketones (excluding diaryl/α,β-unsaturated/α-hetero) is 1. The van der Waals surface area contributed by atoms with Crippen LogP contribution in [0.2, 0.25) is 0 Å². The molecule has 0 amide bonds. The molecule has 2 aromatic rings. The molecule has 1 saturated carbocycles. The monoisotopic (exact) mass is 393 g/mol. The second-order valence-corrected chi connectivity index (χ2v) is 8.53. The van der Waals surface area contributed by atoms with Gasteiger partial charge in [0, 0.05) is 17.7 Å². The van der Waals surface area contributed by atoms with Crippen LogP contribution in [0.5, 0.6) is 0 Å². The molecule has 0 aliphatic heterocycles. The number of hydrogen-bond donors (Lipinski definition) is 1. The molecule has 1 aromatic carbocycles. The Labute approximate surface area is 173 Å². The number of ketones is 1. The minimum atomic E-state index is -0.329. The summed E-state index contributed by atoms with van der Waals surface area (Å²) in [4.78, 5) is 29.1. The first kappa shape index (κ1) is 19.9. The van der Waals surface area contributed by atoms with Crippen LogP contribution in [-0.2, 0) is 17.6 Å². The van der Waals surface area contributed by atoms with Gasteiger partial charge in [0.05, 0.1) is 6.61 Å². The summed E-state index contributed by atoms with van der Waals surface area (Å²) >= 11 is 0. The fourth-order valence-electron chi connectivity index (χ4n) is 5.14. The highest BCUT2D eigenvalue weighted by Gasteiger charge is 2.33. The number of aromatic nitrogens is 1. The lowest BCUT2D eigenvalue weighted by atomic mass is 9.80. The van der Waals surface area contributed by atoms with Crippen molar-refractivity contribution in [3.63, 3.8) is 0 Å². The molecule has 2 aliphatic carbocycles. The first-order chi connectivity index (χ1) is 14.2. The van der Waals surface area contributed by atoms with Crippen LogP contribution in [-0.4, -0.2) is 23.3 Å². The van der Waals surface area contributed by atoms with Gasteiger partial charge in [-0.3, -0.25) is 4.79 Å². The number of hydrogen-bond acceptors (Lipinski definition) is 3. The standard InChI is InChI=1S/C25H31NO3/c1-2-29-25(28)24-20(14-13-17-9-5-3-6-10-17)23-21(26-24)15-19(16-22(23)27)18-11-7-4-8-12-18/h4,7-8,11-12,17,19,26H,2-3,5-6,9-10,13-16H2,1H3. The second kappa shape index (κ2) is 8.98. The van der Waals surface area contributed by atoms with Crippen molar-refractivity contribution < 1.29 is 14.3 Å². The number of aromatic amines is 1. The van der Waals surface area contributed by atoms with E-state index in [0.717, 1.165) is 36.1 Å². The topological polar surface area (TPSA) is 59.2 Å². The van der Waals surface area contributed by atoms with Crippen LogP contribution < -0.4 is 0 Å². The van der Waals surface area contributed by atoms with E-state index in [4.69, 9.17) is 4.74 Å². The molecule has 0 spiro atoms. The van der Waals surface area contributed by atoms with Crippen molar-refractivity contribution in [2.45, 2.75) is 70.6 Å². The first-order valence-corrected chi connectivity index (χ1v) is 11.2. The molecule has 1 aromatic heterocycles. The number of H-pyrrole nitrogens is 1. The Balaban J connectivity index is 1.62. The summed E-state index contributed by atoms with van der Waals surface area (Å²) < 4.78 is 5.30. The Morgan fingerprint density at radius 3 is 2.59 bits per heavy atom. The molecule has 1 N–H and O–H groups in total. The molecule has 1 heterocycles. The summed E-state index contributed by atoms with van der Waals surface area (Å²) in [5.74, 6) is 0.700. The number of nitrogens with one attached hydrogen (secondary N) is 1. The Kier molecular flexibility index (Phi) is 6.17. The molecule has 4 heteroatoms. The van der Waals surface area contributed by atoms with Gasteiger partial charge in [0.15, 0.2) is 5.78 Å². The number of fused-ring (bicyclic) bond motifs is 1. The van der Waals surface area contributed by atoms with Crippen molar-refractivity contribution in [2.75, 3.05) is 6.61 Å². The normalized spacial score (nSPS) is 19.8. The zero-order valence-corrected chi connectivity index (χ0v) is 17.3. The van der Waals surface area contributed by atoms with Crippen molar-refractivity contribution in [3.8, 4) is 0 Å². The molecule has 0 radical (unpaired) electrons. The summed E-state index contributed by atoms with van der Waals surface area (Å²) in [6.45, 7) is 2.16. The summed E-state index contributed by atoms with van der Waals surface area (Å²) in [5.41, 5.74) is 4.28. The van der Waals surface area contributed by atoms with Gasteiger partial charge in [-0.05, 0) is 49.1 Å². The number of carbonyl (C=O) groups is 2. The number of benzene rings is 1. The quantitative estimate of drug-likeness (QED) is 0.648. The van der Waals surface area contributed by atoms with Crippen LogP contribution >= 0.6 is 0 Å². The van der Waals surface area contributed by atoms with Crippen molar-refractivity contribution in [3.05, 3.63) is 58.4 Å². The van der Waals surface area contributed by atoms with E-state index >= 15 is 0 Å². The lowest BCUT2D eigenvalue weighted by Gasteiger charge is -2.23. The van der Waals surface area contributed by atoms with E-state index in [2.05, 4.69) is 17.1 Å². The Bertz CT molecular complexity index is 862. The molecule has 29 heavy (non-hydrogen) atoms. The molecular formula is C25H31NO3. The van der Waals surface area contributed by atoms with Gasteiger partial charge in [0.1, 0.15) is 5.69 Å². The van der Waals surface area contributed by atoms with Gasteiger partial charge in [0.25, 0.3) is 0 Å². The van der Waals surface area contributed by atoms with Crippen LogP contribution in [0, 0.1) is 5.92 Å². The van der Waals surface area contributed by atoms with E-state index < -0.39 is 0 Å². The van der Waals surface area contributed by atoms with E-state index in [-0.39, 0.29) is 17.7 Å². The molecule has 1 fully saturated rings. The number of esters is 1. The Hall–Kier alpha value is -2.36. The highest BCUT2D eigenvalue weighted by atomic mass is 16.5. The summed E-state index contributed by atoms with van der Waals surface area (Å²) in [5, 5.41) is 0. The fraction of sp³-hybridized carbons (Fsp3) is 0.520. The molecule has 0 saturated heterocycles. The third-order valence-corrected chi connectivity index (χ3v) is 6.62. The highest BCUT2D eigenvalue weighted by molar-refractivity contribution is 6.03. The van der Waals surface area contributed by atoms with Crippen molar-refractivity contribution >= 4 is 11.8 Å². The van der Waals surface area contributed by atoms with Gasteiger partial charge in [-0.1, -0.05) is 62.4 Å². The van der Waals surface area contributed by atoms with Crippen molar-refractivity contribution in [1.29, 1.82) is 0 Å². The minimum Gasteiger partial charge on any atom is -0.461 e. The largest absolute Gasteiger partial charge is 0.461 e. The molecule has 2 aliphatic rings.